The van der Waals surface area contributed by atoms with Gasteiger partial charge in [0.05, 0.1) is 23.1 Å². The molecule has 122 valence electrons. The summed E-state index contributed by atoms with van der Waals surface area (Å²) in [7, 11) is 0. The highest BCUT2D eigenvalue weighted by Gasteiger charge is 2.15. The number of anilines is 2. The van der Waals surface area contributed by atoms with Crippen molar-refractivity contribution in [3.05, 3.63) is 62.1 Å². The first-order chi connectivity index (χ1) is 11.4. The van der Waals surface area contributed by atoms with Crippen molar-refractivity contribution >= 4 is 38.9 Å². The van der Waals surface area contributed by atoms with Crippen LogP contribution in [0.4, 0.5) is 17.1 Å². The van der Waals surface area contributed by atoms with Crippen molar-refractivity contribution in [1.82, 2.24) is 0 Å². The minimum Gasteiger partial charge on any atom is -0.371 e. The van der Waals surface area contributed by atoms with Gasteiger partial charge in [0, 0.05) is 16.2 Å². The number of benzene rings is 2. The van der Waals surface area contributed by atoms with Gasteiger partial charge in [-0.1, -0.05) is 15.9 Å². The van der Waals surface area contributed by atoms with Crippen LogP contribution < -0.4 is 10.6 Å². The van der Waals surface area contributed by atoms with E-state index in [1.165, 1.54) is 18.2 Å². The highest BCUT2D eigenvalue weighted by atomic mass is 79.9. The molecule has 7 nitrogen and oxygen atoms in total. The topological polar surface area (TPSA) is 108 Å². The third kappa shape index (κ3) is 4.30. The zero-order valence-electron chi connectivity index (χ0n) is 12.7. The maximum Gasteiger partial charge on any atom is 0.292 e. The molecule has 0 aliphatic heterocycles. The van der Waals surface area contributed by atoms with Crippen LogP contribution in [0.25, 0.3) is 0 Å². The predicted octanol–water partition coefficient (Wildman–Crippen LogP) is 3.59. The fourth-order valence-electron chi connectivity index (χ4n) is 2.04. The van der Waals surface area contributed by atoms with E-state index in [9.17, 15) is 14.9 Å². The van der Waals surface area contributed by atoms with E-state index in [4.69, 9.17) is 5.26 Å². The molecular formula is C16H13BrN4O3. The zero-order chi connectivity index (χ0) is 17.7. The Balaban J connectivity index is 2.09. The fourth-order valence-corrected chi connectivity index (χ4v) is 2.52. The van der Waals surface area contributed by atoms with Crippen LogP contribution >= 0.6 is 15.9 Å². The number of aryl methyl sites for hydroxylation is 1. The van der Waals surface area contributed by atoms with Gasteiger partial charge in [-0.25, -0.2) is 0 Å². The number of nitrogens with one attached hydrogen (secondary N) is 2. The SMILES string of the molecule is Cc1cc(Br)ccc1NC(=O)CNc1cc(C#N)ccc1[N+](=O)[O-]. The molecule has 2 aromatic rings. The van der Waals surface area contributed by atoms with Gasteiger partial charge < -0.3 is 10.6 Å². The number of nitrogens with zero attached hydrogens (tertiary/aromatic N) is 2. The molecule has 2 aromatic carbocycles. The molecule has 24 heavy (non-hydrogen) atoms. The largest absolute Gasteiger partial charge is 0.371 e. The van der Waals surface area contributed by atoms with Crippen LogP contribution in [-0.4, -0.2) is 17.4 Å². The first-order valence-corrected chi connectivity index (χ1v) is 7.68. The van der Waals surface area contributed by atoms with Crippen molar-refractivity contribution in [2.75, 3.05) is 17.2 Å². The molecule has 0 aliphatic carbocycles. The Labute approximate surface area is 146 Å². The van der Waals surface area contributed by atoms with Gasteiger partial charge in [-0.05, 0) is 42.8 Å². The molecule has 0 saturated heterocycles. The lowest BCUT2D eigenvalue weighted by Crippen LogP contribution is -2.22. The average Bonchev–Trinajstić information content (AvgIpc) is 2.55. The Kier molecular flexibility index (Phi) is 5.50. The van der Waals surface area contributed by atoms with Crippen molar-refractivity contribution in [3.63, 3.8) is 0 Å². The zero-order valence-corrected chi connectivity index (χ0v) is 14.3. The number of rotatable bonds is 5. The monoisotopic (exact) mass is 388 g/mol. The van der Waals surface area contributed by atoms with E-state index >= 15 is 0 Å². The summed E-state index contributed by atoms with van der Waals surface area (Å²) < 4.78 is 0.903. The molecule has 0 fully saturated rings. The number of halogens is 1. The smallest absolute Gasteiger partial charge is 0.292 e. The number of nitro groups is 1. The minimum atomic E-state index is -0.569. The van der Waals surface area contributed by atoms with E-state index < -0.39 is 4.92 Å². The lowest BCUT2D eigenvalue weighted by Gasteiger charge is -2.10. The van der Waals surface area contributed by atoms with Gasteiger partial charge in [-0.3, -0.25) is 14.9 Å². The fraction of sp³-hybridized carbons (Fsp3) is 0.125. The summed E-state index contributed by atoms with van der Waals surface area (Å²) in [5.41, 5.74) is 1.75. The van der Waals surface area contributed by atoms with Crippen LogP contribution in [0.15, 0.2) is 40.9 Å². The number of nitro benzene ring substituents is 1. The van der Waals surface area contributed by atoms with Gasteiger partial charge in [0.25, 0.3) is 5.69 Å². The van der Waals surface area contributed by atoms with Gasteiger partial charge in [-0.2, -0.15) is 5.26 Å². The molecule has 2 rings (SSSR count). The quantitative estimate of drug-likeness (QED) is 0.600. The summed E-state index contributed by atoms with van der Waals surface area (Å²) in [5.74, 6) is -0.350. The Morgan fingerprint density at radius 1 is 1.29 bits per heavy atom. The van der Waals surface area contributed by atoms with Crippen LogP contribution in [0.1, 0.15) is 11.1 Å². The van der Waals surface area contributed by atoms with Gasteiger partial charge in [0.15, 0.2) is 0 Å². The van der Waals surface area contributed by atoms with Gasteiger partial charge in [0.1, 0.15) is 5.69 Å². The molecule has 0 aromatic heterocycles. The third-order valence-electron chi connectivity index (χ3n) is 3.22. The summed E-state index contributed by atoms with van der Waals surface area (Å²) >= 11 is 3.34. The van der Waals surface area contributed by atoms with E-state index in [-0.39, 0.29) is 29.4 Å². The van der Waals surface area contributed by atoms with Crippen molar-refractivity contribution < 1.29 is 9.72 Å². The number of nitriles is 1. The molecule has 8 heteroatoms. The number of carbonyl (C=O) groups is 1. The van der Waals surface area contributed by atoms with Crippen molar-refractivity contribution in [2.45, 2.75) is 6.92 Å². The van der Waals surface area contributed by atoms with Crippen LogP contribution in [-0.2, 0) is 4.79 Å². The third-order valence-corrected chi connectivity index (χ3v) is 3.72. The maximum atomic E-state index is 12.0. The van der Waals surface area contributed by atoms with Crippen LogP contribution in [0.5, 0.6) is 0 Å². The number of hydrogen-bond donors (Lipinski definition) is 2. The van der Waals surface area contributed by atoms with Crippen LogP contribution in [0.3, 0.4) is 0 Å². The normalized spacial score (nSPS) is 9.88. The van der Waals surface area contributed by atoms with Crippen molar-refractivity contribution in [3.8, 4) is 6.07 Å². The molecule has 0 heterocycles. The lowest BCUT2D eigenvalue weighted by molar-refractivity contribution is -0.384. The van der Waals surface area contributed by atoms with E-state index in [1.54, 1.807) is 12.1 Å². The van der Waals surface area contributed by atoms with Crippen molar-refractivity contribution in [1.29, 1.82) is 5.26 Å². The minimum absolute atomic E-state index is 0.127. The Hall–Kier alpha value is -2.92. The molecule has 0 aliphatic rings. The van der Waals surface area contributed by atoms with Gasteiger partial charge >= 0.3 is 0 Å². The first kappa shape index (κ1) is 17.4. The molecule has 1 amide bonds. The van der Waals surface area contributed by atoms with Gasteiger partial charge in [-0.15, -0.1) is 0 Å². The standard InChI is InChI=1S/C16H13BrN4O3/c1-10-6-12(17)3-4-13(10)20-16(22)9-19-14-7-11(8-18)2-5-15(14)21(23)24/h2-7,19H,9H2,1H3,(H,20,22). The molecule has 0 saturated carbocycles. The predicted molar refractivity (Wildman–Crippen MR) is 93.8 cm³/mol. The van der Waals surface area contributed by atoms with Gasteiger partial charge in [0.2, 0.25) is 5.91 Å². The molecule has 0 radical (unpaired) electrons. The van der Waals surface area contributed by atoms with Crippen molar-refractivity contribution in [2.24, 2.45) is 0 Å². The Morgan fingerprint density at radius 3 is 2.67 bits per heavy atom. The maximum absolute atomic E-state index is 12.0. The van der Waals surface area contributed by atoms with E-state index in [1.807, 2.05) is 19.1 Å². The van der Waals surface area contributed by atoms with E-state index in [0.717, 1.165) is 10.0 Å². The summed E-state index contributed by atoms with van der Waals surface area (Å²) in [6.07, 6.45) is 0. The molecule has 2 N–H and O–H groups in total. The Morgan fingerprint density at radius 2 is 2.04 bits per heavy atom. The summed E-state index contributed by atoms with van der Waals surface area (Å²) in [6, 6.07) is 11.3. The Bertz CT molecular complexity index is 846. The molecule has 0 atom stereocenters. The summed E-state index contributed by atoms with van der Waals surface area (Å²) in [4.78, 5) is 22.5. The summed E-state index contributed by atoms with van der Waals surface area (Å²) in [5, 5.41) is 25.3. The second-order valence-corrected chi connectivity index (χ2v) is 5.88. The number of carbonyl (C=O) groups excluding carboxylic acids is 1. The second-order valence-electron chi connectivity index (χ2n) is 4.96. The molecule has 0 spiro atoms. The van der Waals surface area contributed by atoms with Crippen LogP contribution in [0, 0.1) is 28.4 Å². The number of amides is 1. The van der Waals surface area contributed by atoms with Crippen LogP contribution in [0.2, 0.25) is 0 Å². The highest BCUT2D eigenvalue weighted by Crippen LogP contribution is 2.25. The molecule has 0 unspecified atom stereocenters. The molecular weight excluding hydrogens is 376 g/mol. The second kappa shape index (κ2) is 7.57. The summed E-state index contributed by atoms with van der Waals surface area (Å²) in [6.45, 7) is 1.69. The average molecular weight is 389 g/mol. The lowest BCUT2D eigenvalue weighted by atomic mass is 10.2. The van der Waals surface area contributed by atoms with E-state index in [0.29, 0.717) is 5.69 Å². The first-order valence-electron chi connectivity index (χ1n) is 6.89. The highest BCUT2D eigenvalue weighted by molar-refractivity contribution is 9.10. The molecule has 0 bridgehead atoms. The van der Waals surface area contributed by atoms with E-state index in [2.05, 4.69) is 26.6 Å². The number of hydrogen-bond acceptors (Lipinski definition) is 5.